The second-order valence-corrected chi connectivity index (χ2v) is 27.2. The van der Waals surface area contributed by atoms with E-state index in [2.05, 4.69) is 81.3 Å². The van der Waals surface area contributed by atoms with Crippen LogP contribution in [0.2, 0.25) is 5.02 Å². The number of ether oxygens (including phenoxy) is 7. The van der Waals surface area contributed by atoms with E-state index in [-0.39, 0.29) is 53.4 Å². The summed E-state index contributed by atoms with van der Waals surface area (Å²) >= 11 is 16.2. The van der Waals surface area contributed by atoms with Crippen LogP contribution in [0.15, 0.2) is 178 Å². The summed E-state index contributed by atoms with van der Waals surface area (Å²) < 4.78 is 42.4. The summed E-state index contributed by atoms with van der Waals surface area (Å²) in [7, 11) is 11.8. The quantitative estimate of drug-likeness (QED) is 0.0435. The van der Waals surface area contributed by atoms with Gasteiger partial charge in [0.15, 0.2) is 0 Å². The van der Waals surface area contributed by atoms with Gasteiger partial charge in [0.1, 0.15) is 57.2 Å². The van der Waals surface area contributed by atoms with E-state index in [0.29, 0.717) is 82.7 Å². The SMILES string of the molecule is C.COc1ccc(CN)c(OC)c1.COc1ccc(CNc2c(-c3nc4ccc(N5CCOCC5)cc4[nH]3)c(=O)n(C)c3ccccc23)c(OC)c1.ClCCl.Cn1c(=O)c(-c2nc3ccc(N4CCOCC4)cc3[nH]2)c(Cl)c2ccccc21.Cn1c(=O)c(-c2nc3ccc(N4CCOCC4)cc3[nH]2)c(N)c2ccccc21.I. The molecule has 0 radical (unpaired) electrons. The van der Waals surface area contributed by atoms with Crippen LogP contribution in [0.4, 0.5) is 28.4 Å². The van der Waals surface area contributed by atoms with Gasteiger partial charge in [-0.2, -0.15) is 0 Å². The van der Waals surface area contributed by atoms with Gasteiger partial charge in [-0.05, 0) is 91.0 Å². The number of nitrogens with zero attached hydrogens (tertiary/aromatic N) is 9. The number of pyridine rings is 3. The Labute approximate surface area is 679 Å². The van der Waals surface area contributed by atoms with Crippen molar-refractivity contribution in [1.29, 1.82) is 0 Å². The molecule has 3 saturated heterocycles. The monoisotopic (exact) mass is 1690 g/mol. The first-order chi connectivity index (χ1) is 53.6. The molecule has 0 atom stereocenters. The van der Waals surface area contributed by atoms with Crippen LogP contribution in [-0.4, -0.2) is 156 Å². The number of hydrogen-bond donors (Lipinski definition) is 6. The van der Waals surface area contributed by atoms with Gasteiger partial charge in [-0.25, -0.2) is 15.0 Å². The van der Waals surface area contributed by atoms with Gasteiger partial charge in [0.2, 0.25) is 0 Å². The number of imidazole rings is 3. The molecule has 0 saturated carbocycles. The summed E-state index contributed by atoms with van der Waals surface area (Å²) in [6.07, 6.45) is 0. The van der Waals surface area contributed by atoms with Crippen molar-refractivity contribution < 1.29 is 33.2 Å². The number of H-pyrrole nitrogens is 3. The van der Waals surface area contributed by atoms with Crippen molar-refractivity contribution in [3.63, 3.8) is 0 Å². The molecule has 6 aromatic heterocycles. The lowest BCUT2D eigenvalue weighted by atomic mass is 10.1. The third kappa shape index (κ3) is 17.5. The third-order valence-electron chi connectivity index (χ3n) is 19.8. The molecule has 3 aliphatic heterocycles. The summed E-state index contributed by atoms with van der Waals surface area (Å²) in [5.74, 6) is 4.49. The number of nitrogens with one attached hydrogen (secondary N) is 4. The lowest BCUT2D eigenvalue weighted by Gasteiger charge is -2.28. The van der Waals surface area contributed by atoms with Gasteiger partial charge in [0.05, 0.1) is 139 Å². The Balaban J connectivity index is 0.000000153. The van der Waals surface area contributed by atoms with Gasteiger partial charge in [0.25, 0.3) is 16.7 Å². The second-order valence-electron chi connectivity index (χ2n) is 26.0. The minimum absolute atomic E-state index is 0. The molecule has 9 heterocycles. The van der Waals surface area contributed by atoms with Crippen LogP contribution in [0.1, 0.15) is 18.6 Å². The van der Waals surface area contributed by atoms with Gasteiger partial charge in [-0.1, -0.05) is 79.7 Å². The number of nitrogens with two attached hydrogens (primary N) is 2. The number of aryl methyl sites for hydroxylation is 3. The fourth-order valence-corrected chi connectivity index (χ4v) is 14.2. The van der Waals surface area contributed by atoms with Crippen molar-refractivity contribution in [1.82, 2.24) is 43.6 Å². The van der Waals surface area contributed by atoms with Gasteiger partial charge in [0, 0.05) is 130 Å². The first kappa shape index (κ1) is 82.4. The number of anilines is 5. The summed E-state index contributed by atoms with van der Waals surface area (Å²) in [4.78, 5) is 70.9. The van der Waals surface area contributed by atoms with Crippen LogP contribution in [0.5, 0.6) is 23.0 Å². The van der Waals surface area contributed by atoms with E-state index >= 15 is 0 Å². The van der Waals surface area contributed by atoms with E-state index in [4.69, 9.17) is 84.4 Å². The predicted octanol–water partition coefficient (Wildman–Crippen LogP) is 14.5. The molecule has 8 aromatic carbocycles. The number of aromatic amines is 3. The fourth-order valence-electron chi connectivity index (χ4n) is 13.9. The average molecular weight is 1690 g/mol. The van der Waals surface area contributed by atoms with E-state index < -0.39 is 0 Å². The number of morpholine rings is 3. The number of para-hydroxylation sites is 3. The standard InChI is InChI=1S/C30H31N5O4.C21H19ClN4O2.C21H21N5O2.C9H13NO2.CH2Cl2.CH4.HI/c1-34-25-7-5-4-6-22(25)28(31-18-19-8-10-21(37-2)17-26(19)38-3)27(30(34)36)29-32-23-11-9-20(16-24(23)33-29)35-12-14-39-15-13-35;2*1-25-17-5-3-2-4-14(17)19(22)18(21(25)27)20-23-15-7-6-13(12-16(15)24-20)26-8-10-28-11-9-26;1-11-8-4-3-7(6-10)9(5-8)12-2;2-1-3;;/h4-11,16-17,31H,12-15,18H2,1-3H3,(H,32,33);2-7,12H,8-11H2,1H3,(H,23,24);2-7,12H,8-11,22H2,1H3,(H,23,24);3-5H,6,10H2,1-2H3;1H2;1H4;1H. The molecule has 586 valence electrons. The lowest BCUT2D eigenvalue weighted by molar-refractivity contribution is 0.122. The van der Waals surface area contributed by atoms with Crippen molar-refractivity contribution in [2.75, 3.05) is 138 Å². The highest BCUT2D eigenvalue weighted by atomic mass is 127. The number of nitrogen functional groups attached to an aromatic ring is 1. The molecule has 25 nitrogen and oxygen atoms in total. The normalized spacial score (nSPS) is 13.4. The van der Waals surface area contributed by atoms with Gasteiger partial charge < -0.3 is 93.3 Å². The van der Waals surface area contributed by atoms with Gasteiger partial charge >= 0.3 is 0 Å². The van der Waals surface area contributed by atoms with E-state index in [1.54, 1.807) is 63.3 Å². The molecule has 3 fully saturated rings. The van der Waals surface area contributed by atoms with Gasteiger partial charge in [-0.15, -0.1) is 47.2 Å². The Kier molecular flexibility index (Phi) is 27.7. The maximum Gasteiger partial charge on any atom is 0.263 e. The molecular formula is C83H91Cl3IN15O10. The van der Waals surface area contributed by atoms with Crippen LogP contribution < -0.4 is 67.1 Å². The van der Waals surface area contributed by atoms with Crippen LogP contribution in [0.3, 0.4) is 0 Å². The van der Waals surface area contributed by atoms with Crippen LogP contribution in [0, 0.1) is 0 Å². The fraction of sp³-hybridized carbons (Fsp3) is 0.277. The topological polar surface area (TPSA) is 290 Å². The van der Waals surface area contributed by atoms with Crippen molar-refractivity contribution in [2.24, 2.45) is 26.9 Å². The van der Waals surface area contributed by atoms with Crippen LogP contribution >= 0.6 is 58.8 Å². The summed E-state index contributed by atoms with van der Waals surface area (Å²) in [5, 5.41) is 6.76. The number of fused-ring (bicyclic) bond motifs is 6. The maximum atomic E-state index is 13.8. The minimum atomic E-state index is -0.170. The highest BCUT2D eigenvalue weighted by Crippen LogP contribution is 2.37. The lowest BCUT2D eigenvalue weighted by Crippen LogP contribution is -2.36. The van der Waals surface area contributed by atoms with Crippen molar-refractivity contribution >= 4 is 153 Å². The van der Waals surface area contributed by atoms with Crippen LogP contribution in [0.25, 0.3) is 100.0 Å². The van der Waals surface area contributed by atoms with E-state index in [9.17, 15) is 14.4 Å². The van der Waals surface area contributed by atoms with E-state index in [1.807, 2.05) is 127 Å². The number of rotatable bonds is 14. The van der Waals surface area contributed by atoms with Gasteiger partial charge in [-0.3, -0.25) is 14.4 Å². The average Bonchev–Trinajstić information content (AvgIpc) is 1.56. The van der Waals surface area contributed by atoms with Crippen molar-refractivity contribution in [3.05, 3.63) is 211 Å². The molecular weight excluding hydrogens is 1600 g/mol. The molecule has 3 aliphatic rings. The molecule has 0 bridgehead atoms. The zero-order valence-corrected chi connectivity index (χ0v) is 67.1. The van der Waals surface area contributed by atoms with Crippen LogP contribution in [-0.2, 0) is 48.4 Å². The van der Waals surface area contributed by atoms with Crippen molar-refractivity contribution in [3.8, 4) is 57.2 Å². The molecule has 0 spiro atoms. The molecule has 17 rings (SSSR count). The zero-order chi connectivity index (χ0) is 77.1. The number of benzene rings is 8. The second kappa shape index (κ2) is 37.6. The zero-order valence-electron chi connectivity index (χ0n) is 62.5. The number of aromatic nitrogens is 9. The Hall–Kier alpha value is -10.6. The molecule has 0 unspecified atom stereocenters. The molecule has 8 N–H and O–H groups in total. The highest BCUT2D eigenvalue weighted by Gasteiger charge is 2.25. The first-order valence-corrected chi connectivity index (χ1v) is 37.2. The predicted molar refractivity (Wildman–Crippen MR) is 464 cm³/mol. The smallest absolute Gasteiger partial charge is 0.263 e. The minimum Gasteiger partial charge on any atom is -0.497 e. The third-order valence-corrected chi connectivity index (χ3v) is 20.2. The largest absolute Gasteiger partial charge is 0.497 e. The molecule has 0 aliphatic carbocycles. The Bertz CT molecular complexity index is 5630. The van der Waals surface area contributed by atoms with E-state index in [1.165, 1.54) is 0 Å². The Morgan fingerprint density at radius 1 is 0.464 bits per heavy atom. The molecule has 14 aromatic rings. The van der Waals surface area contributed by atoms with E-state index in [0.717, 1.165) is 177 Å². The highest BCUT2D eigenvalue weighted by molar-refractivity contribution is 14.0. The number of hydrogen-bond acceptors (Lipinski definition) is 19. The Morgan fingerprint density at radius 2 is 0.821 bits per heavy atom. The number of halogens is 4. The molecule has 0 amide bonds. The molecule has 29 heteroatoms. The summed E-state index contributed by atoms with van der Waals surface area (Å²) in [5.41, 5.74) is 26.7. The maximum absolute atomic E-state index is 13.8. The Morgan fingerprint density at radius 3 is 1.25 bits per heavy atom. The summed E-state index contributed by atoms with van der Waals surface area (Å²) in [6.45, 7) is 10.4. The summed E-state index contributed by atoms with van der Waals surface area (Å²) in [6, 6.07) is 52.8. The van der Waals surface area contributed by atoms with Crippen molar-refractivity contribution in [2.45, 2.75) is 20.5 Å². The number of methoxy groups -OCH3 is 4. The first-order valence-electron chi connectivity index (χ1n) is 35.8. The molecule has 112 heavy (non-hydrogen) atoms. The number of alkyl halides is 2.